The van der Waals surface area contributed by atoms with Crippen molar-refractivity contribution in [2.24, 2.45) is 0 Å². The van der Waals surface area contributed by atoms with Gasteiger partial charge in [-0.3, -0.25) is 0 Å². The number of hydrogen-bond donors (Lipinski definition) is 1. The van der Waals surface area contributed by atoms with Gasteiger partial charge in [0.1, 0.15) is 18.2 Å². The number of benzene rings is 2. The highest BCUT2D eigenvalue weighted by atomic mass is 19.1. The molecule has 2 aromatic carbocycles. The average molecular weight is 259 g/mol. The van der Waals surface area contributed by atoms with Gasteiger partial charge in [0.2, 0.25) is 0 Å². The minimum Gasteiger partial charge on any atom is -0.489 e. The average Bonchev–Trinajstić information content (AvgIpc) is 2.41. The molecule has 19 heavy (non-hydrogen) atoms. The molecule has 0 bridgehead atoms. The zero-order chi connectivity index (χ0) is 13.7. The second-order valence-corrected chi connectivity index (χ2v) is 4.56. The molecule has 0 fully saturated rings. The van der Waals surface area contributed by atoms with Gasteiger partial charge < -0.3 is 10.1 Å². The van der Waals surface area contributed by atoms with Gasteiger partial charge in [0.25, 0.3) is 0 Å². The van der Waals surface area contributed by atoms with Crippen LogP contribution < -0.4 is 10.1 Å². The minimum absolute atomic E-state index is 0.230. The van der Waals surface area contributed by atoms with E-state index in [1.807, 2.05) is 44.3 Å². The molecule has 3 heteroatoms. The number of nitrogens with one attached hydrogen (secondary N) is 1. The molecular weight excluding hydrogens is 241 g/mol. The van der Waals surface area contributed by atoms with Crippen molar-refractivity contribution in [1.82, 2.24) is 5.32 Å². The third-order valence-electron chi connectivity index (χ3n) is 2.91. The van der Waals surface area contributed by atoms with Crippen LogP contribution in [0.1, 0.15) is 16.7 Å². The zero-order valence-corrected chi connectivity index (χ0v) is 11.2. The van der Waals surface area contributed by atoms with Crippen LogP contribution >= 0.6 is 0 Å². The summed E-state index contributed by atoms with van der Waals surface area (Å²) in [5.74, 6) is 0.524. The molecule has 2 nitrogen and oxygen atoms in total. The Bertz CT molecular complexity index is 537. The van der Waals surface area contributed by atoms with Crippen molar-refractivity contribution in [2.75, 3.05) is 7.05 Å². The van der Waals surface area contributed by atoms with Crippen molar-refractivity contribution < 1.29 is 9.13 Å². The van der Waals surface area contributed by atoms with Gasteiger partial charge in [-0.25, -0.2) is 4.39 Å². The van der Waals surface area contributed by atoms with Gasteiger partial charge in [-0.05, 0) is 43.8 Å². The molecule has 2 rings (SSSR count). The Hall–Kier alpha value is -1.87. The van der Waals surface area contributed by atoms with Gasteiger partial charge in [-0.1, -0.05) is 23.8 Å². The third kappa shape index (κ3) is 3.80. The zero-order valence-electron chi connectivity index (χ0n) is 11.2. The molecule has 0 spiro atoms. The number of hydrogen-bond acceptors (Lipinski definition) is 2. The van der Waals surface area contributed by atoms with E-state index in [1.54, 1.807) is 6.07 Å². The number of aryl methyl sites for hydroxylation is 1. The van der Waals surface area contributed by atoms with Gasteiger partial charge in [-0.15, -0.1) is 0 Å². The third-order valence-corrected chi connectivity index (χ3v) is 2.91. The maximum absolute atomic E-state index is 13.7. The van der Waals surface area contributed by atoms with E-state index in [9.17, 15) is 4.39 Å². The van der Waals surface area contributed by atoms with Crippen LogP contribution in [0.5, 0.6) is 5.75 Å². The van der Waals surface area contributed by atoms with Crippen LogP contribution in [0.15, 0.2) is 42.5 Å². The van der Waals surface area contributed by atoms with Crippen LogP contribution in [0.25, 0.3) is 0 Å². The van der Waals surface area contributed by atoms with Gasteiger partial charge in [0.15, 0.2) is 0 Å². The first kappa shape index (κ1) is 13.6. The highest BCUT2D eigenvalue weighted by molar-refractivity contribution is 5.28. The Morgan fingerprint density at radius 2 is 1.84 bits per heavy atom. The van der Waals surface area contributed by atoms with Crippen LogP contribution in [0, 0.1) is 12.7 Å². The normalized spacial score (nSPS) is 10.5. The summed E-state index contributed by atoms with van der Waals surface area (Å²) in [5, 5.41) is 3.05. The molecule has 2 aromatic rings. The lowest BCUT2D eigenvalue weighted by Gasteiger charge is -2.09. The van der Waals surface area contributed by atoms with E-state index < -0.39 is 0 Å². The Morgan fingerprint density at radius 1 is 1.11 bits per heavy atom. The molecule has 0 amide bonds. The highest BCUT2D eigenvalue weighted by Gasteiger charge is 2.04. The second kappa shape index (κ2) is 6.34. The minimum atomic E-state index is -0.230. The Labute approximate surface area is 113 Å². The van der Waals surface area contributed by atoms with Crippen molar-refractivity contribution in [3.05, 3.63) is 65.0 Å². The second-order valence-electron chi connectivity index (χ2n) is 4.56. The summed E-state index contributed by atoms with van der Waals surface area (Å²) < 4.78 is 19.3. The summed E-state index contributed by atoms with van der Waals surface area (Å²) in [6, 6.07) is 12.8. The molecule has 0 aliphatic carbocycles. The van der Waals surface area contributed by atoms with E-state index in [-0.39, 0.29) is 12.4 Å². The molecule has 0 heterocycles. The molecule has 0 aliphatic heterocycles. The quantitative estimate of drug-likeness (QED) is 0.888. The molecule has 0 saturated heterocycles. The topological polar surface area (TPSA) is 21.3 Å². The van der Waals surface area contributed by atoms with Crippen molar-refractivity contribution in [3.63, 3.8) is 0 Å². The fourth-order valence-electron chi connectivity index (χ4n) is 1.85. The predicted molar refractivity (Wildman–Crippen MR) is 74.7 cm³/mol. The number of halogens is 1. The molecule has 0 saturated carbocycles. The van der Waals surface area contributed by atoms with Gasteiger partial charge in [0.05, 0.1) is 0 Å². The van der Waals surface area contributed by atoms with Crippen molar-refractivity contribution >= 4 is 0 Å². The first-order valence-electron chi connectivity index (χ1n) is 6.30. The van der Waals surface area contributed by atoms with Crippen LogP contribution in [-0.2, 0) is 13.2 Å². The van der Waals surface area contributed by atoms with Gasteiger partial charge in [-0.2, -0.15) is 0 Å². The van der Waals surface area contributed by atoms with Crippen LogP contribution in [0.2, 0.25) is 0 Å². The first-order valence-corrected chi connectivity index (χ1v) is 6.30. The lowest BCUT2D eigenvalue weighted by atomic mass is 10.1. The maximum atomic E-state index is 13.7. The summed E-state index contributed by atoms with van der Waals surface area (Å²) in [6.45, 7) is 2.98. The largest absolute Gasteiger partial charge is 0.489 e. The van der Waals surface area contributed by atoms with Crippen molar-refractivity contribution in [3.8, 4) is 5.75 Å². The molecule has 0 unspecified atom stereocenters. The lowest BCUT2D eigenvalue weighted by molar-refractivity contribution is 0.299. The van der Waals surface area contributed by atoms with Crippen molar-refractivity contribution in [1.29, 1.82) is 0 Å². The lowest BCUT2D eigenvalue weighted by Crippen LogP contribution is -2.07. The molecule has 0 radical (unpaired) electrons. The summed E-state index contributed by atoms with van der Waals surface area (Å²) >= 11 is 0. The molecule has 1 N–H and O–H groups in total. The molecule has 0 atom stereocenters. The van der Waals surface area contributed by atoms with Crippen LogP contribution in [-0.4, -0.2) is 7.05 Å². The number of ether oxygens (including phenoxy) is 1. The van der Waals surface area contributed by atoms with E-state index in [4.69, 9.17) is 4.74 Å². The van der Waals surface area contributed by atoms with E-state index in [0.29, 0.717) is 5.56 Å². The molecule has 0 aromatic heterocycles. The first-order chi connectivity index (χ1) is 9.19. The van der Waals surface area contributed by atoms with Crippen molar-refractivity contribution in [2.45, 2.75) is 20.1 Å². The number of rotatable bonds is 5. The van der Waals surface area contributed by atoms with Gasteiger partial charge in [0, 0.05) is 12.1 Å². The summed E-state index contributed by atoms with van der Waals surface area (Å²) in [6.07, 6.45) is 0. The fourth-order valence-corrected chi connectivity index (χ4v) is 1.85. The predicted octanol–water partition coefficient (Wildman–Crippen LogP) is 3.43. The van der Waals surface area contributed by atoms with Crippen LogP contribution in [0.3, 0.4) is 0 Å². The Balaban J connectivity index is 2.05. The monoisotopic (exact) mass is 259 g/mol. The molecular formula is C16H18FNO. The van der Waals surface area contributed by atoms with Crippen LogP contribution in [0.4, 0.5) is 4.39 Å². The molecule has 100 valence electrons. The summed E-state index contributed by atoms with van der Waals surface area (Å²) in [7, 11) is 1.87. The fraction of sp³-hybridized carbons (Fsp3) is 0.250. The standard InChI is InChI=1S/C16H18FNO/c1-12-3-6-15(7-4-12)19-11-14-9-13(10-18-2)5-8-16(14)17/h3-9,18H,10-11H2,1-2H3. The van der Waals surface area contributed by atoms with E-state index in [1.165, 1.54) is 11.6 Å². The molecule has 0 aliphatic rings. The maximum Gasteiger partial charge on any atom is 0.129 e. The summed E-state index contributed by atoms with van der Waals surface area (Å²) in [4.78, 5) is 0. The van der Waals surface area contributed by atoms with E-state index in [0.717, 1.165) is 17.9 Å². The van der Waals surface area contributed by atoms with E-state index >= 15 is 0 Å². The Kier molecular flexibility index (Phi) is 4.53. The Morgan fingerprint density at radius 3 is 2.53 bits per heavy atom. The smallest absolute Gasteiger partial charge is 0.129 e. The SMILES string of the molecule is CNCc1ccc(F)c(COc2ccc(C)cc2)c1. The van der Waals surface area contributed by atoms with Gasteiger partial charge >= 0.3 is 0 Å². The van der Waals surface area contributed by atoms with E-state index in [2.05, 4.69) is 5.32 Å². The summed E-state index contributed by atoms with van der Waals surface area (Å²) in [5.41, 5.74) is 2.80. The highest BCUT2D eigenvalue weighted by Crippen LogP contribution is 2.16.